The Labute approximate surface area is 88.5 Å². The second kappa shape index (κ2) is 4.13. The van der Waals surface area contributed by atoms with Gasteiger partial charge in [-0.1, -0.05) is 30.3 Å². The number of rotatable bonds is 3. The predicted molar refractivity (Wildman–Crippen MR) is 59.9 cm³/mol. The Morgan fingerprint density at radius 2 is 2.00 bits per heavy atom. The summed E-state index contributed by atoms with van der Waals surface area (Å²) < 4.78 is 5.37. The molecule has 0 aliphatic carbocycles. The number of ether oxygens (including phenoxy) is 1. The lowest BCUT2D eigenvalue weighted by Crippen LogP contribution is -1.96. The molecule has 0 spiro atoms. The quantitative estimate of drug-likeness (QED) is 0.759. The Balaban J connectivity index is 2.69. The van der Waals surface area contributed by atoms with Crippen molar-refractivity contribution in [3.05, 3.63) is 42.0 Å². The van der Waals surface area contributed by atoms with Crippen LogP contribution < -0.4 is 4.74 Å². The van der Waals surface area contributed by atoms with E-state index in [2.05, 4.69) is 0 Å². The van der Waals surface area contributed by atoms with Crippen molar-refractivity contribution in [3.63, 3.8) is 0 Å². The van der Waals surface area contributed by atoms with E-state index in [0.717, 1.165) is 10.8 Å². The Hall–Kier alpha value is -1.83. The Morgan fingerprint density at radius 3 is 2.73 bits per heavy atom. The average molecular weight is 199 g/mol. The maximum atomic E-state index is 10.9. The fourth-order valence-electron chi connectivity index (χ4n) is 1.63. The minimum absolute atomic E-state index is 0.509. The number of hydrogen-bond acceptors (Lipinski definition) is 2. The molecule has 75 valence electrons. The predicted octanol–water partition coefficient (Wildman–Crippen LogP) is 2.70. The van der Waals surface area contributed by atoms with Crippen LogP contribution in [0.15, 0.2) is 36.4 Å². The van der Waals surface area contributed by atoms with Gasteiger partial charge in [0.05, 0.1) is 12.2 Å². The van der Waals surface area contributed by atoms with Gasteiger partial charge in [-0.2, -0.15) is 0 Å². The van der Waals surface area contributed by atoms with Gasteiger partial charge < -0.3 is 4.74 Å². The molecule has 0 aliphatic heterocycles. The third kappa shape index (κ3) is 1.71. The standard InChI is InChI=1S/C13H11O2/c1-2-15-13-8-7-10-5-3-4-6-11(10)12(13)9-14/h3-8H,2H2,1H3. The smallest absolute Gasteiger partial charge is 0.238 e. The highest BCUT2D eigenvalue weighted by molar-refractivity contribution is 6.00. The van der Waals surface area contributed by atoms with E-state index >= 15 is 0 Å². The highest BCUT2D eigenvalue weighted by Crippen LogP contribution is 2.26. The van der Waals surface area contributed by atoms with Gasteiger partial charge in [-0.05, 0) is 23.8 Å². The maximum Gasteiger partial charge on any atom is 0.238 e. The number of carbonyl (C=O) groups excluding carboxylic acids is 1. The summed E-state index contributed by atoms with van der Waals surface area (Å²) in [6.45, 7) is 2.44. The first-order chi connectivity index (χ1) is 7.36. The van der Waals surface area contributed by atoms with Crippen molar-refractivity contribution >= 4 is 17.1 Å². The van der Waals surface area contributed by atoms with Crippen LogP contribution in [-0.4, -0.2) is 12.9 Å². The molecule has 0 heterocycles. The topological polar surface area (TPSA) is 26.3 Å². The monoisotopic (exact) mass is 199 g/mol. The van der Waals surface area contributed by atoms with Gasteiger partial charge in [-0.25, -0.2) is 0 Å². The molecule has 0 amide bonds. The average Bonchev–Trinajstić information content (AvgIpc) is 2.29. The molecule has 2 rings (SSSR count). The van der Waals surface area contributed by atoms with Crippen molar-refractivity contribution in [2.75, 3.05) is 6.61 Å². The van der Waals surface area contributed by atoms with Crippen LogP contribution in [0, 0.1) is 0 Å². The van der Waals surface area contributed by atoms with Crippen molar-refractivity contribution in [1.82, 2.24) is 0 Å². The third-order valence-electron chi connectivity index (χ3n) is 2.29. The zero-order chi connectivity index (χ0) is 10.7. The molecule has 2 heteroatoms. The van der Waals surface area contributed by atoms with E-state index in [1.807, 2.05) is 49.6 Å². The summed E-state index contributed by atoms with van der Waals surface area (Å²) in [7, 11) is 0. The first kappa shape index (κ1) is 9.71. The van der Waals surface area contributed by atoms with E-state index in [4.69, 9.17) is 4.74 Å². The normalized spacial score (nSPS) is 10.2. The summed E-state index contributed by atoms with van der Waals surface area (Å²) in [6.07, 6.45) is 1.95. The van der Waals surface area contributed by atoms with Crippen molar-refractivity contribution in [1.29, 1.82) is 0 Å². The summed E-state index contributed by atoms with van der Waals surface area (Å²) in [6, 6.07) is 11.5. The van der Waals surface area contributed by atoms with E-state index in [1.165, 1.54) is 0 Å². The van der Waals surface area contributed by atoms with Crippen molar-refractivity contribution in [3.8, 4) is 5.75 Å². The molecule has 0 N–H and O–H groups in total. The largest absolute Gasteiger partial charge is 0.493 e. The summed E-state index contributed by atoms with van der Waals surface area (Å²) >= 11 is 0. The first-order valence-corrected chi connectivity index (χ1v) is 4.89. The van der Waals surface area contributed by atoms with Gasteiger partial charge in [0.15, 0.2) is 0 Å². The van der Waals surface area contributed by atoms with Gasteiger partial charge in [0.2, 0.25) is 6.29 Å². The molecule has 0 saturated heterocycles. The summed E-state index contributed by atoms with van der Waals surface area (Å²) in [4.78, 5) is 10.9. The minimum Gasteiger partial charge on any atom is -0.493 e. The summed E-state index contributed by atoms with van der Waals surface area (Å²) in [5.41, 5.74) is 0.509. The molecule has 2 aromatic rings. The number of benzene rings is 2. The van der Waals surface area contributed by atoms with Crippen LogP contribution in [-0.2, 0) is 4.79 Å². The molecule has 1 radical (unpaired) electrons. The highest BCUT2D eigenvalue weighted by Gasteiger charge is 2.07. The van der Waals surface area contributed by atoms with Crippen LogP contribution in [0.25, 0.3) is 10.8 Å². The fraction of sp³-hybridized carbons (Fsp3) is 0.154. The minimum atomic E-state index is 0.509. The molecule has 0 aromatic heterocycles. The lowest BCUT2D eigenvalue weighted by Gasteiger charge is -2.07. The molecule has 15 heavy (non-hydrogen) atoms. The molecule has 0 bridgehead atoms. The molecular weight excluding hydrogens is 188 g/mol. The van der Waals surface area contributed by atoms with Gasteiger partial charge in [-0.3, -0.25) is 4.79 Å². The van der Waals surface area contributed by atoms with Crippen LogP contribution in [0.5, 0.6) is 5.75 Å². The van der Waals surface area contributed by atoms with Gasteiger partial charge in [0.25, 0.3) is 0 Å². The van der Waals surface area contributed by atoms with Crippen LogP contribution in [0.1, 0.15) is 12.5 Å². The SMILES string of the molecule is CCOc1ccc2ccccc2c1[C]=O. The van der Waals surface area contributed by atoms with Crippen molar-refractivity contribution in [2.24, 2.45) is 0 Å². The Bertz CT molecular complexity index is 489. The molecule has 0 saturated carbocycles. The van der Waals surface area contributed by atoms with Crippen LogP contribution in [0.3, 0.4) is 0 Å². The molecule has 2 aromatic carbocycles. The van der Waals surface area contributed by atoms with Crippen molar-refractivity contribution in [2.45, 2.75) is 6.92 Å². The van der Waals surface area contributed by atoms with E-state index in [0.29, 0.717) is 17.9 Å². The van der Waals surface area contributed by atoms with Gasteiger partial charge in [0, 0.05) is 0 Å². The second-order valence-electron chi connectivity index (χ2n) is 3.19. The highest BCUT2D eigenvalue weighted by atomic mass is 16.5. The van der Waals surface area contributed by atoms with E-state index in [9.17, 15) is 4.79 Å². The van der Waals surface area contributed by atoms with Crippen LogP contribution in [0.4, 0.5) is 0 Å². The second-order valence-corrected chi connectivity index (χ2v) is 3.19. The zero-order valence-electron chi connectivity index (χ0n) is 8.49. The van der Waals surface area contributed by atoms with E-state index < -0.39 is 0 Å². The van der Waals surface area contributed by atoms with E-state index in [1.54, 1.807) is 0 Å². The molecular formula is C13H11O2. The summed E-state index contributed by atoms with van der Waals surface area (Å²) in [5.74, 6) is 0.603. The lowest BCUT2D eigenvalue weighted by atomic mass is 10.0. The third-order valence-corrected chi connectivity index (χ3v) is 2.29. The fourth-order valence-corrected chi connectivity index (χ4v) is 1.63. The van der Waals surface area contributed by atoms with Crippen molar-refractivity contribution < 1.29 is 9.53 Å². The van der Waals surface area contributed by atoms with E-state index in [-0.39, 0.29) is 0 Å². The number of fused-ring (bicyclic) bond motifs is 1. The van der Waals surface area contributed by atoms with Gasteiger partial charge in [-0.15, -0.1) is 0 Å². The molecule has 0 fully saturated rings. The Morgan fingerprint density at radius 1 is 1.20 bits per heavy atom. The Kier molecular flexibility index (Phi) is 2.68. The molecule has 2 nitrogen and oxygen atoms in total. The van der Waals surface area contributed by atoms with Gasteiger partial charge in [0.1, 0.15) is 5.75 Å². The first-order valence-electron chi connectivity index (χ1n) is 4.89. The van der Waals surface area contributed by atoms with Gasteiger partial charge >= 0.3 is 0 Å². The molecule has 0 atom stereocenters. The molecule has 0 aliphatic rings. The van der Waals surface area contributed by atoms with Crippen LogP contribution in [0.2, 0.25) is 0 Å². The zero-order valence-corrected chi connectivity index (χ0v) is 8.49. The number of hydrogen-bond donors (Lipinski definition) is 0. The maximum absolute atomic E-state index is 10.9. The lowest BCUT2D eigenvalue weighted by molar-refractivity contribution is 0.340. The van der Waals surface area contributed by atoms with Crippen LogP contribution >= 0.6 is 0 Å². The molecule has 0 unspecified atom stereocenters. The summed E-state index contributed by atoms with van der Waals surface area (Å²) in [5, 5.41) is 1.91.